The van der Waals surface area contributed by atoms with Crippen molar-refractivity contribution in [3.05, 3.63) is 42.5 Å². The lowest BCUT2D eigenvalue weighted by atomic mass is 9.51. The highest BCUT2D eigenvalue weighted by molar-refractivity contribution is 6.07. The summed E-state index contributed by atoms with van der Waals surface area (Å²) < 4.78 is 6.34. The number of anilines is 1. The second-order valence-corrected chi connectivity index (χ2v) is 8.40. The van der Waals surface area contributed by atoms with Gasteiger partial charge in [-0.2, -0.15) is 0 Å². The monoisotopic (exact) mass is 322 g/mol. The number of hydrogen-bond acceptors (Lipinski definition) is 3. The number of nitrogens with one attached hydrogen (secondary N) is 1. The Morgan fingerprint density at radius 1 is 1.42 bits per heavy atom. The van der Waals surface area contributed by atoms with E-state index in [1.54, 1.807) is 0 Å². The molecule has 2 aliphatic carbocycles. The Labute approximate surface area is 141 Å². The van der Waals surface area contributed by atoms with E-state index in [1.807, 2.05) is 12.1 Å². The first-order valence-electron chi connectivity index (χ1n) is 9.01. The topological polar surface area (TPSA) is 41.6 Å². The summed E-state index contributed by atoms with van der Waals surface area (Å²) in [6.45, 7) is 6.06. The van der Waals surface area contributed by atoms with E-state index in [0.717, 1.165) is 30.8 Å². The molecule has 0 aromatic heterocycles. The van der Waals surface area contributed by atoms with Crippen LogP contribution >= 0.6 is 0 Å². The van der Waals surface area contributed by atoms with E-state index < -0.39 is 5.41 Å². The highest BCUT2D eigenvalue weighted by Gasteiger charge is 2.79. The van der Waals surface area contributed by atoms with Gasteiger partial charge in [-0.15, -0.1) is 6.58 Å². The van der Waals surface area contributed by atoms with Crippen molar-refractivity contribution in [3.63, 3.8) is 0 Å². The van der Waals surface area contributed by atoms with Gasteiger partial charge in [0.25, 0.3) is 0 Å². The standard InChI is InChI=1S/C20H22N2O2/c1-3-19-10-22(2)16-11-9-24-15(8-13(11)19)20(17(16)19)12-6-4-5-7-14(12)21-18(20)23/h3-7,11,13,15-17H,1,8-10H2,2H3,(H,21,23)/t11-,13+,15+,16-,17+,19+,20-/m0/s1. The van der Waals surface area contributed by atoms with E-state index >= 15 is 0 Å². The molecule has 2 saturated carbocycles. The maximum absolute atomic E-state index is 13.4. The molecule has 24 heavy (non-hydrogen) atoms. The van der Waals surface area contributed by atoms with Crippen molar-refractivity contribution >= 4 is 11.6 Å². The van der Waals surface area contributed by atoms with E-state index in [0.29, 0.717) is 17.9 Å². The van der Waals surface area contributed by atoms with Crippen LogP contribution in [0.4, 0.5) is 5.69 Å². The maximum atomic E-state index is 13.4. The van der Waals surface area contributed by atoms with Gasteiger partial charge in [-0.1, -0.05) is 24.3 Å². The average molecular weight is 322 g/mol. The van der Waals surface area contributed by atoms with Gasteiger partial charge in [0.2, 0.25) is 5.91 Å². The maximum Gasteiger partial charge on any atom is 0.238 e. The predicted octanol–water partition coefficient (Wildman–Crippen LogP) is 2.03. The molecule has 1 spiro atoms. The van der Waals surface area contributed by atoms with Gasteiger partial charge in [-0.25, -0.2) is 0 Å². The molecule has 7 atom stereocenters. The van der Waals surface area contributed by atoms with Crippen molar-refractivity contribution in [2.75, 3.05) is 25.5 Å². The Morgan fingerprint density at radius 3 is 3.08 bits per heavy atom. The number of fused-ring (bicyclic) bond motifs is 5. The first-order valence-corrected chi connectivity index (χ1v) is 9.01. The summed E-state index contributed by atoms with van der Waals surface area (Å²) in [6, 6.07) is 8.64. The molecular formula is C20H22N2O2. The Hall–Kier alpha value is -1.65. The normalized spacial score (nSPS) is 50.4. The molecule has 0 radical (unpaired) electrons. The van der Waals surface area contributed by atoms with Crippen LogP contribution in [-0.2, 0) is 14.9 Å². The van der Waals surface area contributed by atoms with E-state index in [9.17, 15) is 4.79 Å². The third-order valence-corrected chi connectivity index (χ3v) is 7.93. The van der Waals surface area contributed by atoms with Crippen molar-refractivity contribution < 1.29 is 9.53 Å². The summed E-state index contributed by atoms with van der Waals surface area (Å²) in [6.07, 6.45) is 3.17. The number of likely N-dealkylation sites (tertiary alicyclic amines) is 1. The summed E-state index contributed by atoms with van der Waals surface area (Å²) in [5.41, 5.74) is 1.61. The first-order chi connectivity index (χ1) is 11.6. The molecule has 1 N–H and O–H groups in total. The minimum Gasteiger partial charge on any atom is -0.376 e. The van der Waals surface area contributed by atoms with Crippen LogP contribution in [0.25, 0.3) is 0 Å². The van der Waals surface area contributed by atoms with Gasteiger partial charge >= 0.3 is 0 Å². The molecule has 3 heterocycles. The van der Waals surface area contributed by atoms with Crippen LogP contribution in [0.1, 0.15) is 12.0 Å². The van der Waals surface area contributed by atoms with E-state index in [1.165, 1.54) is 0 Å². The van der Waals surface area contributed by atoms with Crippen LogP contribution in [0.2, 0.25) is 0 Å². The van der Waals surface area contributed by atoms with Crippen LogP contribution in [0, 0.1) is 23.2 Å². The average Bonchev–Trinajstić information content (AvgIpc) is 3.08. The smallest absolute Gasteiger partial charge is 0.238 e. The van der Waals surface area contributed by atoms with Crippen molar-refractivity contribution in [2.24, 2.45) is 23.2 Å². The molecule has 1 aromatic rings. The zero-order valence-corrected chi connectivity index (χ0v) is 13.9. The quantitative estimate of drug-likeness (QED) is 0.805. The van der Waals surface area contributed by atoms with Crippen LogP contribution < -0.4 is 5.32 Å². The van der Waals surface area contributed by atoms with Crippen LogP contribution in [0.5, 0.6) is 0 Å². The molecule has 1 amide bonds. The van der Waals surface area contributed by atoms with E-state index in [4.69, 9.17) is 4.74 Å². The van der Waals surface area contributed by atoms with Gasteiger partial charge in [0.1, 0.15) is 5.41 Å². The molecule has 5 aliphatic rings. The number of amides is 1. The fourth-order valence-corrected chi connectivity index (χ4v) is 7.38. The largest absolute Gasteiger partial charge is 0.376 e. The number of carbonyl (C=O) groups is 1. The minimum atomic E-state index is -0.554. The molecule has 4 fully saturated rings. The summed E-state index contributed by atoms with van der Waals surface area (Å²) in [7, 11) is 2.21. The highest BCUT2D eigenvalue weighted by Crippen LogP contribution is 2.73. The van der Waals surface area contributed by atoms with Crippen LogP contribution in [0.3, 0.4) is 0 Å². The Kier molecular flexibility index (Phi) is 2.24. The number of carbonyl (C=O) groups excluding carboxylic acids is 1. The van der Waals surface area contributed by atoms with Crippen molar-refractivity contribution in [1.29, 1.82) is 0 Å². The molecule has 0 unspecified atom stereocenters. The number of rotatable bonds is 1. The second-order valence-electron chi connectivity index (χ2n) is 8.40. The molecule has 5 bridgehead atoms. The SMILES string of the molecule is C=C[C@@]12CN(C)[C@H]3[C@H]4CO[C@H](C[C@H]41)[C@]1(C(=O)Nc4ccccc41)[C@H]32. The van der Waals surface area contributed by atoms with Gasteiger partial charge in [-0.05, 0) is 31.0 Å². The Balaban J connectivity index is 1.69. The predicted molar refractivity (Wildman–Crippen MR) is 90.6 cm³/mol. The number of hydrogen-bond donors (Lipinski definition) is 1. The fraction of sp³-hybridized carbons (Fsp3) is 0.550. The molecule has 2 saturated heterocycles. The molecule has 4 nitrogen and oxygen atoms in total. The first kappa shape index (κ1) is 13.6. The van der Waals surface area contributed by atoms with Gasteiger partial charge in [0.05, 0.1) is 12.7 Å². The molecule has 3 aliphatic heterocycles. The number of ether oxygens (including phenoxy) is 1. The lowest BCUT2D eigenvalue weighted by Crippen LogP contribution is -2.62. The molecule has 1 aromatic carbocycles. The second kappa shape index (κ2) is 3.94. The van der Waals surface area contributed by atoms with Crippen LogP contribution in [0.15, 0.2) is 36.9 Å². The van der Waals surface area contributed by atoms with Gasteiger partial charge in [-0.3, -0.25) is 4.79 Å². The number of para-hydroxylation sites is 1. The third kappa shape index (κ3) is 1.12. The van der Waals surface area contributed by atoms with Crippen molar-refractivity contribution in [2.45, 2.75) is 24.0 Å². The Bertz CT molecular complexity index is 792. The van der Waals surface area contributed by atoms with Crippen molar-refractivity contribution in [3.8, 4) is 0 Å². The molecular weight excluding hydrogens is 300 g/mol. The summed E-state index contributed by atoms with van der Waals surface area (Å²) in [5.74, 6) is 1.56. The van der Waals surface area contributed by atoms with Gasteiger partial charge in [0, 0.05) is 35.5 Å². The van der Waals surface area contributed by atoms with E-state index in [-0.39, 0.29) is 23.3 Å². The van der Waals surface area contributed by atoms with Crippen molar-refractivity contribution in [1.82, 2.24) is 4.90 Å². The molecule has 4 heteroatoms. The zero-order chi connectivity index (χ0) is 16.3. The summed E-state index contributed by atoms with van der Waals surface area (Å²) in [4.78, 5) is 15.9. The number of benzene rings is 1. The molecule has 124 valence electrons. The number of nitrogens with zero attached hydrogens (tertiary/aromatic N) is 1. The van der Waals surface area contributed by atoms with Gasteiger partial charge in [0.15, 0.2) is 0 Å². The molecule has 6 rings (SSSR count). The number of piperidine rings is 1. The van der Waals surface area contributed by atoms with Crippen LogP contribution in [-0.4, -0.2) is 43.2 Å². The lowest BCUT2D eigenvalue weighted by Gasteiger charge is -2.54. The Morgan fingerprint density at radius 2 is 2.25 bits per heavy atom. The third-order valence-electron chi connectivity index (χ3n) is 7.93. The summed E-state index contributed by atoms with van der Waals surface area (Å²) >= 11 is 0. The zero-order valence-electron chi connectivity index (χ0n) is 13.9. The highest BCUT2D eigenvalue weighted by atomic mass is 16.5. The van der Waals surface area contributed by atoms with Gasteiger partial charge < -0.3 is 15.0 Å². The summed E-state index contributed by atoms with van der Waals surface area (Å²) in [5, 5.41) is 3.18. The fourth-order valence-electron chi connectivity index (χ4n) is 7.38. The minimum absolute atomic E-state index is 0.00280. The lowest BCUT2D eigenvalue weighted by molar-refractivity contribution is -0.153. The van der Waals surface area contributed by atoms with E-state index in [2.05, 4.69) is 42.1 Å².